The lowest BCUT2D eigenvalue weighted by Gasteiger charge is -2.21. The summed E-state index contributed by atoms with van der Waals surface area (Å²) in [5.41, 5.74) is 5.30. The van der Waals surface area contributed by atoms with Gasteiger partial charge in [0, 0.05) is 19.2 Å². The van der Waals surface area contributed by atoms with E-state index in [0.29, 0.717) is 24.3 Å². The van der Waals surface area contributed by atoms with E-state index in [1.807, 2.05) is 26.0 Å². The molecule has 0 atom stereocenters. The monoisotopic (exact) mass is 374 g/mol. The van der Waals surface area contributed by atoms with E-state index in [-0.39, 0.29) is 19.2 Å². The maximum Gasteiger partial charge on any atom is 0.342 e. The van der Waals surface area contributed by atoms with Gasteiger partial charge in [0.05, 0.1) is 13.2 Å². The highest BCUT2D eigenvalue weighted by Gasteiger charge is 2.32. The lowest BCUT2D eigenvalue weighted by atomic mass is 9.90. The van der Waals surface area contributed by atoms with E-state index in [1.54, 1.807) is 0 Å². The van der Waals surface area contributed by atoms with Crippen LogP contribution in [0.4, 0.5) is 0 Å². The van der Waals surface area contributed by atoms with Crippen molar-refractivity contribution in [2.24, 2.45) is 0 Å². The third-order valence-corrected chi connectivity index (χ3v) is 6.45. The summed E-state index contributed by atoms with van der Waals surface area (Å²) in [4.78, 5) is 12.4. The number of rotatable bonds is 8. The van der Waals surface area contributed by atoms with Gasteiger partial charge in [-0.05, 0) is 37.4 Å². The molecular formula is C21H30O4Si. The number of cyclic esters (lactones) is 1. The number of aliphatic hydroxyl groups excluding tert-OH is 1. The average molecular weight is 375 g/mol. The second-order valence-electron chi connectivity index (χ2n) is 8.05. The molecule has 1 aromatic carbocycles. The van der Waals surface area contributed by atoms with E-state index >= 15 is 0 Å². The molecule has 5 heteroatoms. The SMILES string of the molecule is C=Cc1c(C)c2c(c(OCC[Si](C)(C)C)c1C/C=C(\C)CO)C(=O)OC2. The summed E-state index contributed by atoms with van der Waals surface area (Å²) in [5, 5.41) is 9.30. The van der Waals surface area contributed by atoms with Crippen molar-refractivity contribution in [3.8, 4) is 5.75 Å². The Hall–Kier alpha value is -1.85. The molecular weight excluding hydrogens is 344 g/mol. The third kappa shape index (κ3) is 4.46. The fraction of sp³-hybridized carbons (Fsp3) is 0.476. The molecule has 142 valence electrons. The molecule has 1 N–H and O–H groups in total. The normalized spacial score (nSPS) is 14.2. The van der Waals surface area contributed by atoms with Gasteiger partial charge in [-0.15, -0.1) is 0 Å². The molecule has 0 saturated carbocycles. The number of allylic oxidation sites excluding steroid dienone is 1. The van der Waals surface area contributed by atoms with Crippen LogP contribution in [0.3, 0.4) is 0 Å². The van der Waals surface area contributed by atoms with E-state index in [4.69, 9.17) is 9.47 Å². The molecule has 26 heavy (non-hydrogen) atoms. The number of carbonyl (C=O) groups excluding carboxylic acids is 1. The topological polar surface area (TPSA) is 55.8 Å². The highest BCUT2D eigenvalue weighted by Crippen LogP contribution is 2.39. The van der Waals surface area contributed by atoms with Gasteiger partial charge in [-0.1, -0.05) is 43.9 Å². The molecule has 4 nitrogen and oxygen atoms in total. The van der Waals surface area contributed by atoms with Crippen LogP contribution in [0.2, 0.25) is 25.7 Å². The molecule has 1 aliphatic rings. The minimum atomic E-state index is -1.25. The van der Waals surface area contributed by atoms with Crippen LogP contribution in [-0.4, -0.2) is 32.4 Å². The molecule has 0 fully saturated rings. The maximum atomic E-state index is 12.4. The molecule has 0 bridgehead atoms. The van der Waals surface area contributed by atoms with Gasteiger partial charge < -0.3 is 14.6 Å². The number of carbonyl (C=O) groups is 1. The summed E-state index contributed by atoms with van der Waals surface area (Å²) in [6.07, 6.45) is 4.37. The minimum Gasteiger partial charge on any atom is -0.493 e. The van der Waals surface area contributed by atoms with Crippen LogP contribution >= 0.6 is 0 Å². The number of hydrogen-bond acceptors (Lipinski definition) is 4. The van der Waals surface area contributed by atoms with Crippen molar-refractivity contribution < 1.29 is 19.4 Å². The Morgan fingerprint density at radius 2 is 2.08 bits per heavy atom. The molecule has 1 aliphatic heterocycles. The molecule has 2 rings (SSSR count). The molecule has 0 aliphatic carbocycles. The third-order valence-electron chi connectivity index (χ3n) is 4.74. The first-order valence-corrected chi connectivity index (χ1v) is 12.8. The van der Waals surface area contributed by atoms with Crippen LogP contribution in [0, 0.1) is 6.92 Å². The smallest absolute Gasteiger partial charge is 0.342 e. The molecule has 0 spiro atoms. The minimum absolute atomic E-state index is 0.0151. The summed E-state index contributed by atoms with van der Waals surface area (Å²) in [7, 11) is -1.25. The van der Waals surface area contributed by atoms with Gasteiger partial charge in [-0.3, -0.25) is 0 Å². The number of ether oxygens (including phenoxy) is 2. The summed E-state index contributed by atoms with van der Waals surface area (Å²) in [6, 6.07) is 1.01. The Morgan fingerprint density at radius 3 is 2.65 bits per heavy atom. The van der Waals surface area contributed by atoms with E-state index < -0.39 is 8.07 Å². The maximum absolute atomic E-state index is 12.4. The van der Waals surface area contributed by atoms with Gasteiger partial charge >= 0.3 is 5.97 Å². The molecule has 1 aromatic rings. The summed E-state index contributed by atoms with van der Waals surface area (Å²) in [6.45, 7) is 15.6. The summed E-state index contributed by atoms with van der Waals surface area (Å²) >= 11 is 0. The van der Waals surface area contributed by atoms with Crippen LogP contribution in [-0.2, 0) is 17.8 Å². The highest BCUT2D eigenvalue weighted by molar-refractivity contribution is 6.76. The average Bonchev–Trinajstić information content (AvgIpc) is 2.96. The fourth-order valence-corrected chi connectivity index (χ4v) is 3.75. The molecule has 0 unspecified atom stereocenters. The highest BCUT2D eigenvalue weighted by atomic mass is 28.3. The predicted molar refractivity (Wildman–Crippen MR) is 109 cm³/mol. The quantitative estimate of drug-likeness (QED) is 0.413. The van der Waals surface area contributed by atoms with Crippen molar-refractivity contribution >= 4 is 20.1 Å². The second kappa shape index (κ2) is 8.23. The van der Waals surface area contributed by atoms with Crippen LogP contribution < -0.4 is 4.74 Å². The molecule has 0 aromatic heterocycles. The zero-order valence-electron chi connectivity index (χ0n) is 16.6. The number of fused-ring (bicyclic) bond motifs is 1. The first-order chi connectivity index (χ1) is 12.2. The lowest BCUT2D eigenvalue weighted by molar-refractivity contribution is 0.0532. The Kier molecular flexibility index (Phi) is 6.47. The Morgan fingerprint density at radius 1 is 1.38 bits per heavy atom. The standard InChI is InChI=1S/C21H30O4Si/c1-7-16-15(3)18-13-25-21(23)19(18)20(24-10-11-26(4,5)6)17(16)9-8-14(2)12-22/h7-8,22H,1,9-13H2,2-6H3/b14-8+. The van der Waals surface area contributed by atoms with Crippen LogP contribution in [0.15, 0.2) is 18.2 Å². The molecule has 0 radical (unpaired) electrons. The zero-order valence-corrected chi connectivity index (χ0v) is 17.6. The van der Waals surface area contributed by atoms with E-state index in [0.717, 1.165) is 33.9 Å². The largest absolute Gasteiger partial charge is 0.493 e. The second-order valence-corrected chi connectivity index (χ2v) is 13.7. The first-order valence-electron chi connectivity index (χ1n) is 9.06. The van der Waals surface area contributed by atoms with Crippen molar-refractivity contribution in [3.05, 3.63) is 46.0 Å². The van der Waals surface area contributed by atoms with Crippen LogP contribution in [0.1, 0.15) is 39.5 Å². The zero-order chi connectivity index (χ0) is 19.5. The Balaban J connectivity index is 2.54. The van der Waals surface area contributed by atoms with Gasteiger partial charge in [0.25, 0.3) is 0 Å². The van der Waals surface area contributed by atoms with Crippen LogP contribution in [0.25, 0.3) is 6.08 Å². The van der Waals surface area contributed by atoms with Crippen molar-refractivity contribution in [1.29, 1.82) is 0 Å². The van der Waals surface area contributed by atoms with Crippen LogP contribution in [0.5, 0.6) is 5.75 Å². The van der Waals surface area contributed by atoms with Crippen molar-refractivity contribution in [2.45, 2.75) is 52.6 Å². The van der Waals surface area contributed by atoms with E-state index in [2.05, 4.69) is 26.2 Å². The number of aliphatic hydroxyl groups is 1. The van der Waals surface area contributed by atoms with E-state index in [1.165, 1.54) is 0 Å². The number of hydrogen-bond donors (Lipinski definition) is 1. The molecule has 1 heterocycles. The number of benzene rings is 1. The van der Waals surface area contributed by atoms with Gasteiger partial charge in [0.15, 0.2) is 0 Å². The van der Waals surface area contributed by atoms with Gasteiger partial charge in [0.2, 0.25) is 0 Å². The van der Waals surface area contributed by atoms with E-state index in [9.17, 15) is 9.90 Å². The Bertz CT molecular complexity index is 742. The Labute approximate surface area is 157 Å². The van der Waals surface area contributed by atoms with Gasteiger partial charge in [-0.2, -0.15) is 0 Å². The van der Waals surface area contributed by atoms with Crippen molar-refractivity contribution in [1.82, 2.24) is 0 Å². The van der Waals surface area contributed by atoms with Gasteiger partial charge in [0.1, 0.15) is 17.9 Å². The summed E-state index contributed by atoms with van der Waals surface area (Å²) < 4.78 is 11.5. The fourth-order valence-electron chi connectivity index (χ4n) is 3.03. The predicted octanol–water partition coefficient (Wildman–Crippen LogP) is 4.51. The molecule has 0 saturated heterocycles. The van der Waals surface area contributed by atoms with Gasteiger partial charge in [-0.25, -0.2) is 4.79 Å². The first kappa shape index (κ1) is 20.5. The van der Waals surface area contributed by atoms with Crippen molar-refractivity contribution in [3.63, 3.8) is 0 Å². The summed E-state index contributed by atoms with van der Waals surface area (Å²) in [5.74, 6) is 0.314. The lowest BCUT2D eigenvalue weighted by Crippen LogP contribution is -2.23. The number of esters is 1. The van der Waals surface area contributed by atoms with Crippen molar-refractivity contribution in [2.75, 3.05) is 13.2 Å². The molecule has 0 amide bonds.